The highest BCUT2D eigenvalue weighted by Gasteiger charge is 2.14. The molecule has 0 saturated carbocycles. The van der Waals surface area contributed by atoms with E-state index >= 15 is 0 Å². The largest absolute Gasteiger partial charge is 0.358 e. The molecule has 0 atom stereocenters. The Labute approximate surface area is 117 Å². The molecule has 0 amide bonds. The van der Waals surface area contributed by atoms with Gasteiger partial charge in [0, 0.05) is 6.08 Å². The van der Waals surface area contributed by atoms with Crippen LogP contribution in [-0.4, -0.2) is 14.5 Å². The molecule has 1 aromatic carbocycles. The van der Waals surface area contributed by atoms with Crippen LogP contribution in [0.1, 0.15) is 28.1 Å². The van der Waals surface area contributed by atoms with Crippen molar-refractivity contribution in [1.29, 1.82) is 0 Å². The van der Waals surface area contributed by atoms with Crippen LogP contribution in [-0.2, 0) is 7.05 Å². The number of nitro groups is 1. The molecule has 0 radical (unpaired) electrons. The Balaban J connectivity index is 2.38. The minimum absolute atomic E-state index is 0.0120. The zero-order chi connectivity index (χ0) is 14.9. The lowest BCUT2D eigenvalue weighted by Crippen LogP contribution is -1.98. The van der Waals surface area contributed by atoms with Gasteiger partial charge in [0.1, 0.15) is 6.20 Å². The molecule has 1 heterocycles. The van der Waals surface area contributed by atoms with Crippen LogP contribution in [0.3, 0.4) is 0 Å². The van der Waals surface area contributed by atoms with E-state index in [1.165, 1.54) is 27.5 Å². The first-order chi connectivity index (χ1) is 9.40. The van der Waals surface area contributed by atoms with Gasteiger partial charge in [0.25, 0.3) is 0 Å². The summed E-state index contributed by atoms with van der Waals surface area (Å²) in [6.07, 6.45) is 5.03. The number of aromatic nitrogens is 2. The van der Waals surface area contributed by atoms with E-state index in [9.17, 15) is 10.1 Å². The fraction of sp³-hybridized carbons (Fsp3) is 0.267. The van der Waals surface area contributed by atoms with Crippen LogP contribution in [0.5, 0.6) is 0 Å². The average molecular weight is 271 g/mol. The van der Waals surface area contributed by atoms with Gasteiger partial charge in [0.2, 0.25) is 5.82 Å². The average Bonchev–Trinajstić information content (AvgIpc) is 2.69. The number of imidazole rings is 1. The van der Waals surface area contributed by atoms with E-state index in [4.69, 9.17) is 0 Å². The smallest absolute Gasteiger partial charge is 0.342 e. The number of rotatable bonds is 3. The molecule has 0 aliphatic rings. The normalized spacial score (nSPS) is 11.2. The second-order valence-electron chi connectivity index (χ2n) is 4.94. The zero-order valence-corrected chi connectivity index (χ0v) is 12.0. The van der Waals surface area contributed by atoms with E-state index in [1.54, 1.807) is 13.1 Å². The van der Waals surface area contributed by atoms with Crippen LogP contribution in [0.2, 0.25) is 0 Å². The monoisotopic (exact) mass is 271 g/mol. The molecule has 5 heteroatoms. The van der Waals surface area contributed by atoms with E-state index in [0.717, 1.165) is 5.56 Å². The van der Waals surface area contributed by atoms with Crippen molar-refractivity contribution in [2.45, 2.75) is 20.8 Å². The van der Waals surface area contributed by atoms with Gasteiger partial charge in [-0.25, -0.2) is 9.55 Å². The molecule has 2 rings (SSSR count). The molecule has 5 nitrogen and oxygen atoms in total. The minimum atomic E-state index is -0.438. The van der Waals surface area contributed by atoms with Gasteiger partial charge in [-0.3, -0.25) is 0 Å². The SMILES string of the molecule is Cc1cc(C)c(/C=C/c2ncc([N+](=O)[O-])n2C)c(C)c1. The Morgan fingerprint density at radius 3 is 2.30 bits per heavy atom. The number of aryl methyl sites for hydroxylation is 3. The van der Waals surface area contributed by atoms with Gasteiger partial charge in [0.05, 0.1) is 7.05 Å². The van der Waals surface area contributed by atoms with Crippen LogP contribution in [0.15, 0.2) is 18.3 Å². The van der Waals surface area contributed by atoms with Gasteiger partial charge in [-0.2, -0.15) is 0 Å². The van der Waals surface area contributed by atoms with Crippen molar-refractivity contribution in [2.75, 3.05) is 0 Å². The lowest BCUT2D eigenvalue weighted by atomic mass is 9.99. The topological polar surface area (TPSA) is 61.0 Å². The van der Waals surface area contributed by atoms with E-state index in [0.29, 0.717) is 5.82 Å². The first-order valence-corrected chi connectivity index (χ1v) is 6.32. The number of benzene rings is 1. The van der Waals surface area contributed by atoms with E-state index < -0.39 is 4.92 Å². The molecule has 0 fully saturated rings. The molecule has 0 aliphatic carbocycles. The van der Waals surface area contributed by atoms with Crippen molar-refractivity contribution in [3.63, 3.8) is 0 Å². The van der Waals surface area contributed by atoms with Gasteiger partial charge in [-0.1, -0.05) is 17.7 Å². The Bertz CT molecular complexity index is 676. The fourth-order valence-electron chi connectivity index (χ4n) is 2.35. The summed E-state index contributed by atoms with van der Waals surface area (Å²) >= 11 is 0. The van der Waals surface area contributed by atoms with Crippen LogP contribution < -0.4 is 0 Å². The van der Waals surface area contributed by atoms with Gasteiger partial charge in [0.15, 0.2) is 0 Å². The van der Waals surface area contributed by atoms with Gasteiger partial charge >= 0.3 is 5.82 Å². The maximum Gasteiger partial charge on any atom is 0.342 e. The van der Waals surface area contributed by atoms with Gasteiger partial charge in [-0.05, 0) is 48.5 Å². The molecule has 1 aromatic heterocycles. The first-order valence-electron chi connectivity index (χ1n) is 6.32. The Hall–Kier alpha value is -2.43. The van der Waals surface area contributed by atoms with Crippen molar-refractivity contribution >= 4 is 18.0 Å². The standard InChI is InChI=1S/C15H17N3O2/c1-10-7-11(2)13(12(3)8-10)5-6-14-16-9-15(17(14)4)18(19)20/h5-9H,1-4H3/b6-5+. The molecule has 0 bridgehead atoms. The number of hydrogen-bond acceptors (Lipinski definition) is 3. The molecule has 20 heavy (non-hydrogen) atoms. The summed E-state index contributed by atoms with van der Waals surface area (Å²) in [5, 5.41) is 10.8. The molecule has 0 spiro atoms. The predicted octanol–water partition coefficient (Wildman–Crippen LogP) is 3.42. The van der Waals surface area contributed by atoms with Crippen LogP contribution in [0.4, 0.5) is 5.82 Å². The molecule has 104 valence electrons. The summed E-state index contributed by atoms with van der Waals surface area (Å²) in [6, 6.07) is 4.24. The molecule has 0 unspecified atom stereocenters. The van der Waals surface area contributed by atoms with Crippen molar-refractivity contribution in [2.24, 2.45) is 7.05 Å². The Kier molecular flexibility index (Phi) is 3.70. The molecule has 2 aromatic rings. The van der Waals surface area contributed by atoms with Gasteiger partial charge < -0.3 is 10.1 Å². The highest BCUT2D eigenvalue weighted by molar-refractivity contribution is 5.71. The third-order valence-corrected chi connectivity index (χ3v) is 3.32. The maximum atomic E-state index is 10.8. The van der Waals surface area contributed by atoms with Crippen molar-refractivity contribution in [3.05, 3.63) is 56.5 Å². The van der Waals surface area contributed by atoms with Crippen molar-refractivity contribution in [1.82, 2.24) is 9.55 Å². The lowest BCUT2D eigenvalue weighted by Gasteiger charge is -2.06. The highest BCUT2D eigenvalue weighted by Crippen LogP contribution is 2.20. The summed E-state index contributed by atoms with van der Waals surface area (Å²) < 4.78 is 1.47. The van der Waals surface area contributed by atoms with Crippen molar-refractivity contribution < 1.29 is 4.92 Å². The quantitative estimate of drug-likeness (QED) is 0.634. The molecule has 0 aliphatic heterocycles. The van der Waals surface area contributed by atoms with Gasteiger partial charge in [-0.15, -0.1) is 0 Å². The Morgan fingerprint density at radius 1 is 1.20 bits per heavy atom. The van der Waals surface area contributed by atoms with Crippen LogP contribution in [0, 0.1) is 30.9 Å². The third-order valence-electron chi connectivity index (χ3n) is 3.32. The molecule has 0 N–H and O–H groups in total. The van der Waals surface area contributed by atoms with Crippen LogP contribution in [0.25, 0.3) is 12.2 Å². The van der Waals surface area contributed by atoms with E-state index in [-0.39, 0.29) is 5.82 Å². The second-order valence-corrected chi connectivity index (χ2v) is 4.94. The molecule has 0 saturated heterocycles. The van der Waals surface area contributed by atoms with E-state index in [1.807, 2.05) is 6.08 Å². The minimum Gasteiger partial charge on any atom is -0.358 e. The maximum absolute atomic E-state index is 10.8. The predicted molar refractivity (Wildman–Crippen MR) is 79.4 cm³/mol. The van der Waals surface area contributed by atoms with Crippen molar-refractivity contribution in [3.8, 4) is 0 Å². The summed E-state index contributed by atoms with van der Waals surface area (Å²) in [4.78, 5) is 14.4. The third kappa shape index (κ3) is 2.61. The highest BCUT2D eigenvalue weighted by atomic mass is 16.6. The summed E-state index contributed by atoms with van der Waals surface area (Å²) in [5.41, 5.74) is 4.72. The number of nitrogens with zero attached hydrogens (tertiary/aromatic N) is 3. The lowest BCUT2D eigenvalue weighted by molar-refractivity contribution is -0.391. The zero-order valence-electron chi connectivity index (χ0n) is 12.0. The fourth-order valence-corrected chi connectivity index (χ4v) is 2.35. The second kappa shape index (κ2) is 5.28. The molecular formula is C15H17N3O2. The first kappa shape index (κ1) is 14.0. The Morgan fingerprint density at radius 2 is 1.80 bits per heavy atom. The van der Waals surface area contributed by atoms with Crippen LogP contribution >= 0.6 is 0 Å². The summed E-state index contributed by atoms with van der Waals surface area (Å²) in [5.74, 6) is 0.554. The van der Waals surface area contributed by atoms with E-state index in [2.05, 4.69) is 37.9 Å². The summed E-state index contributed by atoms with van der Waals surface area (Å²) in [6.45, 7) is 6.18. The summed E-state index contributed by atoms with van der Waals surface area (Å²) in [7, 11) is 1.64. The molecular weight excluding hydrogens is 254 g/mol. The number of hydrogen-bond donors (Lipinski definition) is 0.